The van der Waals surface area contributed by atoms with Crippen molar-refractivity contribution in [3.63, 3.8) is 0 Å². The van der Waals surface area contributed by atoms with Gasteiger partial charge in [-0.25, -0.2) is 14.8 Å². The highest BCUT2D eigenvalue weighted by Crippen LogP contribution is 2.41. The van der Waals surface area contributed by atoms with Gasteiger partial charge in [0.15, 0.2) is 0 Å². The molecule has 0 saturated carbocycles. The standard InChI is InChI=1S/C46H58N8O6/c1-25(2)38(51-45(57)59-5)43(55)53-21-9-13-36(53)41-47-24-35(49-41)33-19-18-29(31-11-7-8-12-32(31)33)27-15-17-30-28(23-27)16-20-34-40(30)50-42(48-34)37-14-10-22-54(37)44(56)39(26(3)4)52-46(58)60-6/h15-20,23-26,36-39,45,51,57H,7-14,21-22H2,1-6H3,(H,47,49)(H,48,50)(H,52,58)/t36?,37?,38-,39-,45?/m0/s1. The molecule has 5 N–H and O–H groups in total. The first-order chi connectivity index (χ1) is 29.0. The van der Waals surface area contributed by atoms with E-state index in [1.807, 2.05) is 43.7 Å². The smallest absolute Gasteiger partial charge is 0.407 e. The van der Waals surface area contributed by atoms with E-state index in [0.29, 0.717) is 13.1 Å². The molecule has 5 atom stereocenters. The molecule has 0 bridgehead atoms. The first-order valence-corrected chi connectivity index (χ1v) is 21.5. The maximum absolute atomic E-state index is 13.8. The van der Waals surface area contributed by atoms with E-state index in [1.54, 1.807) is 0 Å². The van der Waals surface area contributed by atoms with Gasteiger partial charge in [-0.15, -0.1) is 0 Å². The molecule has 2 fully saturated rings. The Bertz CT molecular complexity index is 2390. The number of hydrogen-bond donors (Lipinski definition) is 5. The van der Waals surface area contributed by atoms with Crippen molar-refractivity contribution >= 4 is 39.7 Å². The fraction of sp³-hybridized carbons (Fsp3) is 0.500. The zero-order chi connectivity index (χ0) is 42.2. The number of methoxy groups -OCH3 is 2. The van der Waals surface area contributed by atoms with Crippen molar-refractivity contribution in [2.24, 2.45) is 11.8 Å². The molecule has 5 aromatic rings. The fourth-order valence-electron chi connectivity index (χ4n) is 9.64. The van der Waals surface area contributed by atoms with Crippen LogP contribution >= 0.6 is 0 Å². The highest BCUT2D eigenvalue weighted by Gasteiger charge is 2.39. The van der Waals surface area contributed by atoms with E-state index in [2.05, 4.69) is 63.1 Å². The van der Waals surface area contributed by atoms with Gasteiger partial charge >= 0.3 is 6.09 Å². The molecule has 3 unspecified atom stereocenters. The maximum atomic E-state index is 13.8. The van der Waals surface area contributed by atoms with E-state index in [4.69, 9.17) is 19.4 Å². The van der Waals surface area contributed by atoms with Crippen LogP contribution in [0.1, 0.15) is 101 Å². The lowest BCUT2D eigenvalue weighted by atomic mass is 9.82. The number of H-pyrrole nitrogens is 2. The number of rotatable bonds is 12. The van der Waals surface area contributed by atoms with E-state index in [-0.39, 0.29) is 35.7 Å². The Morgan fingerprint density at radius 2 is 1.45 bits per heavy atom. The lowest BCUT2D eigenvalue weighted by molar-refractivity contribution is -0.145. The monoisotopic (exact) mass is 818 g/mol. The van der Waals surface area contributed by atoms with Crippen LogP contribution in [0, 0.1) is 11.8 Å². The van der Waals surface area contributed by atoms with E-state index < -0.39 is 24.6 Å². The number of aromatic amines is 2. The molecule has 14 nitrogen and oxygen atoms in total. The number of carbonyl (C=O) groups is 3. The Labute approximate surface area is 350 Å². The summed E-state index contributed by atoms with van der Waals surface area (Å²) in [6.07, 6.45) is 7.61. The molecule has 2 saturated heterocycles. The molecule has 2 aromatic heterocycles. The number of alkyl carbamates (subject to hydrolysis) is 1. The molecular formula is C46H58N8O6. The van der Waals surface area contributed by atoms with Gasteiger partial charge in [0.1, 0.15) is 17.7 Å². The number of aliphatic hydroxyl groups is 1. The van der Waals surface area contributed by atoms with Crippen LogP contribution in [0.25, 0.3) is 44.2 Å². The minimum absolute atomic E-state index is 0.0444. The molecule has 4 heterocycles. The van der Waals surface area contributed by atoms with Gasteiger partial charge in [-0.05, 0) is 103 Å². The zero-order valence-corrected chi connectivity index (χ0v) is 35.5. The van der Waals surface area contributed by atoms with Crippen molar-refractivity contribution in [1.82, 2.24) is 40.4 Å². The SMILES string of the molecule is COC(=O)N[C@H](C(=O)N1CCCC1c1nc2c(ccc3cc(-c4ccc(-c5cnc(C6CCCN6C(=O)[C@@H](NC(O)OC)C(C)C)[nH]5)c5c4CCCC5)ccc32)[nH]1)C(C)C. The summed E-state index contributed by atoms with van der Waals surface area (Å²) in [5.74, 6) is 1.19. The van der Waals surface area contributed by atoms with Crippen LogP contribution in [0.15, 0.2) is 48.7 Å². The third-order valence-corrected chi connectivity index (χ3v) is 12.8. The van der Waals surface area contributed by atoms with E-state index in [0.717, 1.165) is 102 Å². The highest BCUT2D eigenvalue weighted by atomic mass is 16.6. The molecule has 60 heavy (non-hydrogen) atoms. The van der Waals surface area contributed by atoms with Crippen LogP contribution in [0.5, 0.6) is 0 Å². The Kier molecular flexibility index (Phi) is 12.0. The van der Waals surface area contributed by atoms with Crippen molar-refractivity contribution in [1.29, 1.82) is 0 Å². The van der Waals surface area contributed by atoms with Gasteiger partial charge < -0.3 is 39.7 Å². The number of benzene rings is 3. The predicted octanol–water partition coefficient (Wildman–Crippen LogP) is 6.90. The van der Waals surface area contributed by atoms with Crippen molar-refractivity contribution in [3.8, 4) is 22.4 Å². The Morgan fingerprint density at radius 1 is 0.800 bits per heavy atom. The number of fused-ring (bicyclic) bond motifs is 4. The molecule has 1 aliphatic carbocycles. The normalized spacial score (nSPS) is 19.6. The van der Waals surface area contributed by atoms with Crippen molar-refractivity contribution in [2.75, 3.05) is 27.3 Å². The van der Waals surface area contributed by atoms with Gasteiger partial charge in [0.05, 0.1) is 48.2 Å². The molecule has 2 aliphatic heterocycles. The summed E-state index contributed by atoms with van der Waals surface area (Å²) >= 11 is 0. The van der Waals surface area contributed by atoms with Crippen LogP contribution in [-0.4, -0.2) is 98.6 Å². The molecule has 14 heteroatoms. The molecule has 0 radical (unpaired) electrons. The Morgan fingerprint density at radius 3 is 2.12 bits per heavy atom. The van der Waals surface area contributed by atoms with Crippen molar-refractivity contribution in [3.05, 3.63) is 71.4 Å². The number of likely N-dealkylation sites (tertiary alicyclic amines) is 2. The number of hydrogen-bond acceptors (Lipinski definition) is 9. The summed E-state index contributed by atoms with van der Waals surface area (Å²) in [5, 5.41) is 17.9. The number of nitrogens with one attached hydrogen (secondary N) is 4. The lowest BCUT2D eigenvalue weighted by Crippen LogP contribution is -2.52. The van der Waals surface area contributed by atoms with Crippen LogP contribution in [0.3, 0.4) is 0 Å². The molecule has 3 aliphatic rings. The minimum Gasteiger partial charge on any atom is -0.453 e. The average Bonchev–Trinajstić information content (AvgIpc) is 4.09. The molecule has 3 aromatic carbocycles. The number of ether oxygens (including phenoxy) is 2. The average molecular weight is 819 g/mol. The number of aliphatic hydroxyl groups excluding tert-OH is 1. The first-order valence-electron chi connectivity index (χ1n) is 21.5. The maximum Gasteiger partial charge on any atom is 0.407 e. The summed E-state index contributed by atoms with van der Waals surface area (Å²) in [6.45, 7) is 8.98. The van der Waals surface area contributed by atoms with Crippen LogP contribution in [0.4, 0.5) is 4.79 Å². The second-order valence-corrected chi connectivity index (χ2v) is 17.2. The largest absolute Gasteiger partial charge is 0.453 e. The topological polar surface area (TPSA) is 178 Å². The van der Waals surface area contributed by atoms with E-state index >= 15 is 0 Å². The van der Waals surface area contributed by atoms with Gasteiger partial charge in [-0.1, -0.05) is 58.0 Å². The summed E-state index contributed by atoms with van der Waals surface area (Å²) in [6, 6.07) is 13.6. The number of carbonyl (C=O) groups excluding carboxylic acids is 3. The number of amides is 3. The van der Waals surface area contributed by atoms with E-state index in [9.17, 15) is 19.5 Å². The first kappa shape index (κ1) is 41.4. The highest BCUT2D eigenvalue weighted by molar-refractivity contribution is 6.05. The predicted molar refractivity (Wildman–Crippen MR) is 230 cm³/mol. The van der Waals surface area contributed by atoms with Gasteiger partial charge in [-0.2, -0.15) is 0 Å². The van der Waals surface area contributed by atoms with Crippen LogP contribution < -0.4 is 10.6 Å². The summed E-state index contributed by atoms with van der Waals surface area (Å²) in [5.41, 5.74) is 9.01. The summed E-state index contributed by atoms with van der Waals surface area (Å²) in [4.78, 5) is 60.5. The van der Waals surface area contributed by atoms with Crippen molar-refractivity contribution < 1.29 is 29.0 Å². The minimum atomic E-state index is -1.22. The van der Waals surface area contributed by atoms with Crippen LogP contribution in [0.2, 0.25) is 0 Å². The third-order valence-electron chi connectivity index (χ3n) is 12.8. The molecule has 8 rings (SSSR count). The lowest BCUT2D eigenvalue weighted by Gasteiger charge is -2.31. The van der Waals surface area contributed by atoms with E-state index in [1.165, 1.54) is 30.9 Å². The number of imidazole rings is 2. The molecule has 318 valence electrons. The molecule has 0 spiro atoms. The molecular weight excluding hydrogens is 761 g/mol. The summed E-state index contributed by atoms with van der Waals surface area (Å²) in [7, 11) is 2.70. The quantitative estimate of drug-likeness (QED) is 0.0839. The number of aromatic nitrogens is 4. The Balaban J connectivity index is 1.06. The van der Waals surface area contributed by atoms with Gasteiger partial charge in [0.25, 0.3) is 0 Å². The molecule has 3 amide bonds. The van der Waals surface area contributed by atoms with Gasteiger partial charge in [0.2, 0.25) is 18.2 Å². The van der Waals surface area contributed by atoms with Crippen LogP contribution in [-0.2, 0) is 31.9 Å². The fourth-order valence-corrected chi connectivity index (χ4v) is 9.64. The second kappa shape index (κ2) is 17.3. The Hall–Kier alpha value is -5.31. The second-order valence-electron chi connectivity index (χ2n) is 17.2. The van der Waals surface area contributed by atoms with Gasteiger partial charge in [0, 0.05) is 31.1 Å². The zero-order valence-electron chi connectivity index (χ0n) is 35.5. The third kappa shape index (κ3) is 7.88. The van der Waals surface area contributed by atoms with Crippen molar-refractivity contribution in [2.45, 2.75) is 110 Å². The number of nitrogens with zero attached hydrogens (tertiary/aromatic N) is 4. The van der Waals surface area contributed by atoms with Gasteiger partial charge in [-0.3, -0.25) is 14.9 Å². The summed E-state index contributed by atoms with van der Waals surface area (Å²) < 4.78 is 9.81.